The number of aromatic nitrogens is 1. The van der Waals surface area contributed by atoms with Gasteiger partial charge in [-0.3, -0.25) is 0 Å². The zero-order valence-electron chi connectivity index (χ0n) is 38.3. The average Bonchev–Trinajstić information content (AvgIpc) is 3.91. The maximum Gasteiger partial charge on any atom is 0.436 e. The maximum atomic E-state index is 14.2. The third-order valence-electron chi connectivity index (χ3n) is 11.6. The summed E-state index contributed by atoms with van der Waals surface area (Å²) in [6.07, 6.45) is -52.9. The van der Waals surface area contributed by atoms with Crippen molar-refractivity contribution in [1.29, 1.82) is 0 Å². The summed E-state index contributed by atoms with van der Waals surface area (Å²) in [4.78, 5) is 11.0. The second-order valence-electron chi connectivity index (χ2n) is 16.9. The van der Waals surface area contributed by atoms with Crippen molar-refractivity contribution in [3.05, 3.63) is 195 Å². The van der Waals surface area contributed by atoms with Crippen molar-refractivity contribution < 1.29 is 125 Å². The van der Waals surface area contributed by atoms with Crippen molar-refractivity contribution in [2.75, 3.05) is 0 Å². The third kappa shape index (κ3) is 14.3. The average molecular weight is 1180 g/mol. The molecule has 0 saturated carbocycles. The molecule has 7 rings (SSSR count). The molecule has 0 aliphatic carbocycles. The molecule has 0 amide bonds. The van der Waals surface area contributed by atoms with Crippen molar-refractivity contribution >= 4 is 45.3 Å². The van der Waals surface area contributed by atoms with Gasteiger partial charge in [-0.1, -0.05) is 84.9 Å². The predicted molar refractivity (Wildman–Crippen MR) is 234 cm³/mol. The molecule has 0 radical (unpaired) electrons. The summed E-state index contributed by atoms with van der Waals surface area (Å²) in [5, 5.41) is 11.7. The lowest BCUT2D eigenvalue weighted by atomic mass is 9.12. The zero-order valence-corrected chi connectivity index (χ0v) is 39.1. The van der Waals surface area contributed by atoms with Crippen LogP contribution >= 0.6 is 11.3 Å². The van der Waals surface area contributed by atoms with Crippen LogP contribution in [0.1, 0.15) is 60.4 Å². The molecule has 0 aliphatic heterocycles. The van der Waals surface area contributed by atoms with E-state index in [1.54, 1.807) is 18.2 Å². The van der Waals surface area contributed by atoms with E-state index in [1.165, 1.54) is 23.0 Å². The monoisotopic (exact) mass is 1180 g/mol. The minimum absolute atomic E-state index is 0.212. The highest BCUT2D eigenvalue weighted by atomic mass is 32.1. The Bertz CT molecular complexity index is 2890. The highest BCUT2D eigenvalue weighted by Gasteiger charge is 2.47. The van der Waals surface area contributed by atoms with Gasteiger partial charge >= 0.3 is 60.6 Å². The Labute approximate surface area is 430 Å². The van der Waals surface area contributed by atoms with Gasteiger partial charge in [0.25, 0.3) is 0 Å². The molecule has 0 aliphatic rings. The van der Waals surface area contributed by atoms with E-state index in [2.05, 4.69) is 12.1 Å². The molecule has 7 aromatic rings. The summed E-state index contributed by atoms with van der Waals surface area (Å²) in [5.74, 6) is -0.446. The minimum Gasteiger partial charge on any atom is -0.478 e. The number of rotatable bonds is 9. The number of aromatic carboxylic acids is 1. The smallest absolute Gasteiger partial charge is 0.436 e. The second kappa shape index (κ2) is 21.3. The molecular weight excluding hydrogens is 1150 g/mol. The molecule has 0 atom stereocenters. The number of carboxylic acids is 1. The maximum absolute atomic E-state index is 14.2. The summed E-state index contributed by atoms with van der Waals surface area (Å²) in [6.45, 7) is 0.707. The Morgan fingerprint density at radius 1 is 0.418 bits per heavy atom. The lowest BCUT2D eigenvalue weighted by Gasteiger charge is -2.46. The van der Waals surface area contributed by atoms with Crippen LogP contribution in [0.5, 0.6) is 10.9 Å². The molecule has 79 heavy (non-hydrogen) atoms. The van der Waals surface area contributed by atoms with E-state index in [0.717, 1.165) is 0 Å². The van der Waals surface area contributed by atoms with Crippen LogP contribution in [0.15, 0.2) is 139 Å². The SMILES string of the molecule is FC(F)(F)c1cc([B-](c2cc(C(F)(F)F)cc(C(F)(F)F)c2)(c2cc(C(F)(F)F)cc(C(F)(F)F)c2)c2cc(C(F)(F)F)cc(C(F)(F)F)c2)cc(C(F)(F)F)c1.O=C(O)c1cccc(Oc2scc[n+]2Cc2ccccc2)c1. The summed E-state index contributed by atoms with van der Waals surface area (Å²) >= 11 is 1.47. The van der Waals surface area contributed by atoms with Gasteiger partial charge in [-0.25, -0.2) is 4.79 Å². The fourth-order valence-corrected chi connectivity index (χ4v) is 8.86. The Morgan fingerprint density at radius 3 is 1.00 bits per heavy atom. The Morgan fingerprint density at radius 2 is 0.722 bits per heavy atom. The fourth-order valence-electron chi connectivity index (χ4n) is 8.13. The molecule has 0 bridgehead atoms. The van der Waals surface area contributed by atoms with Crippen LogP contribution in [-0.2, 0) is 56.0 Å². The molecule has 4 nitrogen and oxygen atoms in total. The van der Waals surface area contributed by atoms with E-state index in [4.69, 9.17) is 9.84 Å². The molecule has 1 aromatic heterocycles. The molecule has 0 unspecified atom stereocenters. The number of benzene rings is 6. The van der Waals surface area contributed by atoms with Crippen LogP contribution in [-0.4, -0.2) is 17.2 Å². The summed E-state index contributed by atoms with van der Waals surface area (Å²) < 4.78 is 349. The molecule has 30 heteroatoms. The standard InChI is InChI=1S/C32H12BF24.C17H13NO3S/c34-25(35,36)13-1-14(26(37,38)39)6-21(5-13)33(22-7-15(27(40,41)42)2-16(8-22)28(43,44)45,23-9-17(29(46,47)48)3-18(10-23)30(49,50)51)24-11-19(31(52,53)54)4-20(12-24)32(55,56)57;19-16(20)14-7-4-8-15(11-14)21-17-18(9-10-22-17)12-13-5-2-1-3-6-13/h1-12H;1-11H,12H2/q-1;/p+1. The molecule has 0 saturated heterocycles. The largest absolute Gasteiger partial charge is 0.478 e. The van der Waals surface area contributed by atoms with Gasteiger partial charge in [0.05, 0.1) is 55.5 Å². The zero-order chi connectivity index (χ0) is 59.3. The highest BCUT2D eigenvalue weighted by molar-refractivity contribution is 7.20. The van der Waals surface area contributed by atoms with Crippen LogP contribution in [0.3, 0.4) is 0 Å². The van der Waals surface area contributed by atoms with Gasteiger partial charge in [0.2, 0.25) is 0 Å². The summed E-state index contributed by atoms with van der Waals surface area (Å²) in [5.41, 5.74) is -28.8. The molecule has 0 fully saturated rings. The minimum atomic E-state index is -6.13. The first-order valence-corrected chi connectivity index (χ1v) is 22.2. The Kier molecular flexibility index (Phi) is 16.4. The molecule has 1 N–H and O–H groups in total. The topological polar surface area (TPSA) is 50.4 Å². The van der Waals surface area contributed by atoms with Crippen molar-refractivity contribution in [2.45, 2.75) is 56.0 Å². The van der Waals surface area contributed by atoms with Crippen LogP contribution in [0, 0.1) is 0 Å². The van der Waals surface area contributed by atoms with E-state index in [1.807, 2.05) is 34.3 Å². The van der Waals surface area contributed by atoms with Crippen LogP contribution < -0.4 is 31.2 Å². The van der Waals surface area contributed by atoms with Crippen molar-refractivity contribution in [3.63, 3.8) is 0 Å². The number of hydrogen-bond donors (Lipinski definition) is 1. The molecule has 6 aromatic carbocycles. The normalized spacial score (nSPS) is 13.2. The van der Waals surface area contributed by atoms with Crippen molar-refractivity contribution in [2.24, 2.45) is 0 Å². The van der Waals surface area contributed by atoms with Gasteiger partial charge in [-0.15, -0.1) is 0 Å². The molecule has 1 heterocycles. The molecule has 422 valence electrons. The second-order valence-corrected chi connectivity index (χ2v) is 17.8. The first kappa shape index (κ1) is 60.8. The van der Waals surface area contributed by atoms with Gasteiger partial charge in [0, 0.05) is 5.56 Å². The number of halogens is 24. The van der Waals surface area contributed by atoms with Crippen LogP contribution in [0.4, 0.5) is 105 Å². The Balaban J connectivity index is 0.000000378. The lowest BCUT2D eigenvalue weighted by molar-refractivity contribution is -0.687. The van der Waals surface area contributed by atoms with E-state index < -0.39 is 201 Å². The van der Waals surface area contributed by atoms with Crippen LogP contribution in [0.25, 0.3) is 0 Å². The van der Waals surface area contributed by atoms with Crippen molar-refractivity contribution in [3.8, 4) is 10.9 Å². The molecular formula is C49H26BF24NO3S. The number of thiazole rings is 1. The van der Waals surface area contributed by atoms with E-state index in [-0.39, 0.29) is 5.56 Å². The highest BCUT2D eigenvalue weighted by Crippen LogP contribution is 2.41. The number of ether oxygens (including phenoxy) is 1. The Hall–Kier alpha value is -7.40. The molecule has 0 spiro atoms. The number of carbonyl (C=O) groups is 1. The van der Waals surface area contributed by atoms with Gasteiger partial charge < -0.3 is 9.84 Å². The van der Waals surface area contributed by atoms with E-state index in [9.17, 15) is 110 Å². The van der Waals surface area contributed by atoms with Crippen molar-refractivity contribution in [1.82, 2.24) is 0 Å². The van der Waals surface area contributed by atoms with Gasteiger partial charge in [-0.2, -0.15) is 132 Å². The summed E-state index contributed by atoms with van der Waals surface area (Å²) in [6, 6.07) is 7.77. The first-order chi connectivity index (χ1) is 36.0. The third-order valence-corrected chi connectivity index (χ3v) is 12.3. The lowest BCUT2D eigenvalue weighted by Crippen LogP contribution is -2.75. The first-order valence-electron chi connectivity index (χ1n) is 21.4. The van der Waals surface area contributed by atoms with E-state index in [0.29, 0.717) is 17.5 Å². The van der Waals surface area contributed by atoms with Gasteiger partial charge in [-0.05, 0) is 53.8 Å². The quantitative estimate of drug-likeness (QED) is 0.0890. The number of nitrogens with zero attached hydrogens (tertiary/aromatic N) is 1. The van der Waals surface area contributed by atoms with Gasteiger partial charge in [0.15, 0.2) is 12.7 Å². The predicted octanol–water partition coefficient (Wildman–Crippen LogP) is 14.8. The van der Waals surface area contributed by atoms with E-state index >= 15 is 0 Å². The number of carboxylic acid groups (broad SMARTS) is 1. The number of hydrogen-bond acceptors (Lipinski definition) is 3. The number of alkyl halides is 24. The van der Waals surface area contributed by atoms with Crippen LogP contribution in [0.2, 0.25) is 0 Å². The van der Waals surface area contributed by atoms with Gasteiger partial charge in [0.1, 0.15) is 11.9 Å². The summed E-state index contributed by atoms with van der Waals surface area (Å²) in [7, 11) is 0. The fraction of sp³-hybridized carbons (Fsp3) is 0.184.